The van der Waals surface area contributed by atoms with Crippen LogP contribution in [0.5, 0.6) is 0 Å². The van der Waals surface area contributed by atoms with E-state index in [1.54, 1.807) is 12.5 Å². The summed E-state index contributed by atoms with van der Waals surface area (Å²) in [6.45, 7) is 5.60. The lowest BCUT2D eigenvalue weighted by Gasteiger charge is -2.13. The molecule has 0 spiro atoms. The maximum absolute atomic E-state index is 5.49. The maximum Gasteiger partial charge on any atom is 0.297 e. The van der Waals surface area contributed by atoms with Crippen LogP contribution in [0.25, 0.3) is 0 Å². The van der Waals surface area contributed by atoms with Crippen molar-refractivity contribution in [3.63, 3.8) is 0 Å². The van der Waals surface area contributed by atoms with Gasteiger partial charge in [0.2, 0.25) is 0 Å². The van der Waals surface area contributed by atoms with Crippen LogP contribution in [0.15, 0.2) is 23.1 Å². The van der Waals surface area contributed by atoms with Crippen molar-refractivity contribution in [3.05, 3.63) is 30.2 Å². The Morgan fingerprint density at radius 3 is 2.89 bits per heavy atom. The number of aromatic nitrogens is 3. The predicted molar refractivity (Wildman–Crippen MR) is 73.8 cm³/mol. The molecule has 19 heavy (non-hydrogen) atoms. The molecule has 0 radical (unpaired) electrons. The number of rotatable bonds is 6. The normalized spacial score (nSPS) is 11.2. The van der Waals surface area contributed by atoms with E-state index in [1.165, 1.54) is 0 Å². The monoisotopic (exact) mass is 263 g/mol. The Labute approximate surface area is 113 Å². The van der Waals surface area contributed by atoms with Crippen LogP contribution in [-0.4, -0.2) is 27.6 Å². The molecule has 104 valence electrons. The Morgan fingerprint density at radius 2 is 2.26 bits per heavy atom. The number of nitrogens with one attached hydrogen (secondary N) is 1. The average molecular weight is 263 g/mol. The summed E-state index contributed by atoms with van der Waals surface area (Å²) in [6.07, 6.45) is 5.41. The van der Waals surface area contributed by atoms with E-state index in [9.17, 15) is 0 Å². The molecule has 0 aromatic carbocycles. The topological polar surface area (TPSA) is 59.1 Å². The molecule has 6 heteroatoms. The van der Waals surface area contributed by atoms with E-state index in [4.69, 9.17) is 4.42 Å². The molecule has 6 nitrogen and oxygen atoms in total. The molecule has 0 saturated heterocycles. The lowest BCUT2D eigenvalue weighted by Crippen LogP contribution is -2.22. The number of imidazole rings is 1. The van der Waals surface area contributed by atoms with E-state index >= 15 is 0 Å². The van der Waals surface area contributed by atoms with E-state index in [1.807, 2.05) is 29.8 Å². The molecule has 2 aromatic heterocycles. The second-order valence-corrected chi connectivity index (χ2v) is 4.97. The zero-order valence-corrected chi connectivity index (χ0v) is 11.9. The van der Waals surface area contributed by atoms with Gasteiger partial charge in [0, 0.05) is 39.1 Å². The molecule has 0 bridgehead atoms. The smallest absolute Gasteiger partial charge is 0.297 e. The Kier molecular flexibility index (Phi) is 4.21. The van der Waals surface area contributed by atoms with E-state index < -0.39 is 0 Å². The van der Waals surface area contributed by atoms with Crippen LogP contribution in [0.3, 0.4) is 0 Å². The zero-order chi connectivity index (χ0) is 13.8. The van der Waals surface area contributed by atoms with Gasteiger partial charge in [0.05, 0.1) is 12.2 Å². The minimum atomic E-state index is 0.436. The minimum Gasteiger partial charge on any atom is -0.432 e. The Bertz CT molecular complexity index is 517. The third kappa shape index (κ3) is 3.57. The van der Waals surface area contributed by atoms with Crippen LogP contribution < -0.4 is 10.2 Å². The van der Waals surface area contributed by atoms with Crippen molar-refractivity contribution in [1.82, 2.24) is 19.9 Å². The molecule has 0 amide bonds. The number of aryl methyl sites for hydroxylation is 1. The van der Waals surface area contributed by atoms with E-state index in [-0.39, 0.29) is 0 Å². The predicted octanol–water partition coefficient (Wildman–Crippen LogP) is 1.54. The summed E-state index contributed by atoms with van der Waals surface area (Å²) in [5.41, 5.74) is 0.912. The van der Waals surface area contributed by atoms with Crippen molar-refractivity contribution < 1.29 is 4.42 Å². The SMILES string of the molecule is CC(C)NCc1coc(N(C)Cc2nccn2C)n1. The van der Waals surface area contributed by atoms with Crippen LogP contribution in [-0.2, 0) is 20.1 Å². The quantitative estimate of drug-likeness (QED) is 0.856. The van der Waals surface area contributed by atoms with Crippen molar-refractivity contribution >= 4 is 6.01 Å². The molecule has 2 aromatic rings. The largest absolute Gasteiger partial charge is 0.432 e. The molecular weight excluding hydrogens is 242 g/mol. The van der Waals surface area contributed by atoms with Gasteiger partial charge in [-0.25, -0.2) is 4.98 Å². The molecule has 2 rings (SSSR count). The second-order valence-electron chi connectivity index (χ2n) is 4.97. The fourth-order valence-corrected chi connectivity index (χ4v) is 1.69. The van der Waals surface area contributed by atoms with Gasteiger partial charge < -0.3 is 19.2 Å². The van der Waals surface area contributed by atoms with Gasteiger partial charge in [0.25, 0.3) is 6.01 Å². The van der Waals surface area contributed by atoms with Gasteiger partial charge in [0.1, 0.15) is 12.1 Å². The maximum atomic E-state index is 5.49. The second kappa shape index (κ2) is 5.88. The van der Waals surface area contributed by atoms with Crippen molar-refractivity contribution in [2.75, 3.05) is 11.9 Å². The third-order valence-corrected chi connectivity index (χ3v) is 2.86. The number of oxazole rings is 1. The lowest BCUT2D eigenvalue weighted by atomic mass is 10.4. The molecular formula is C13H21N5O. The van der Waals surface area contributed by atoms with E-state index in [0.29, 0.717) is 18.6 Å². The summed E-state index contributed by atoms with van der Waals surface area (Å²) < 4.78 is 7.47. The van der Waals surface area contributed by atoms with Crippen LogP contribution >= 0.6 is 0 Å². The van der Waals surface area contributed by atoms with Crippen molar-refractivity contribution in [2.45, 2.75) is 33.0 Å². The highest BCUT2D eigenvalue weighted by Gasteiger charge is 2.11. The summed E-state index contributed by atoms with van der Waals surface area (Å²) in [5.74, 6) is 0.975. The Hall–Kier alpha value is -1.82. The minimum absolute atomic E-state index is 0.436. The van der Waals surface area contributed by atoms with Crippen LogP contribution in [0, 0.1) is 0 Å². The molecule has 0 aliphatic heterocycles. The first-order valence-electron chi connectivity index (χ1n) is 6.41. The number of hydrogen-bond donors (Lipinski definition) is 1. The first kappa shape index (κ1) is 13.6. The first-order valence-corrected chi connectivity index (χ1v) is 6.41. The summed E-state index contributed by atoms with van der Waals surface area (Å²) >= 11 is 0. The van der Waals surface area contributed by atoms with E-state index in [2.05, 4.69) is 29.1 Å². The van der Waals surface area contributed by atoms with Gasteiger partial charge in [0.15, 0.2) is 0 Å². The zero-order valence-electron chi connectivity index (χ0n) is 11.9. The highest BCUT2D eigenvalue weighted by atomic mass is 16.4. The fraction of sp³-hybridized carbons (Fsp3) is 0.538. The molecule has 2 heterocycles. The standard InChI is InChI=1S/C13H21N5O/c1-10(2)15-7-11-9-19-13(16-11)18(4)8-12-14-5-6-17(12)3/h5-6,9-10,15H,7-8H2,1-4H3. The highest BCUT2D eigenvalue weighted by molar-refractivity contribution is 5.26. The van der Waals surface area contributed by atoms with Crippen LogP contribution in [0.1, 0.15) is 25.4 Å². The van der Waals surface area contributed by atoms with Crippen LogP contribution in [0.4, 0.5) is 6.01 Å². The van der Waals surface area contributed by atoms with Crippen molar-refractivity contribution in [3.8, 4) is 0 Å². The van der Waals surface area contributed by atoms with Gasteiger partial charge in [-0.1, -0.05) is 13.8 Å². The van der Waals surface area contributed by atoms with Gasteiger partial charge in [-0.3, -0.25) is 0 Å². The molecule has 0 fully saturated rings. The number of anilines is 1. The fourth-order valence-electron chi connectivity index (χ4n) is 1.69. The van der Waals surface area contributed by atoms with Crippen molar-refractivity contribution in [1.29, 1.82) is 0 Å². The molecule has 1 N–H and O–H groups in total. The molecule has 0 saturated carbocycles. The summed E-state index contributed by atoms with van der Waals surface area (Å²) in [6, 6.07) is 1.05. The van der Waals surface area contributed by atoms with Gasteiger partial charge >= 0.3 is 0 Å². The summed E-state index contributed by atoms with van der Waals surface area (Å²) in [5, 5.41) is 3.31. The number of nitrogens with zero attached hydrogens (tertiary/aromatic N) is 4. The van der Waals surface area contributed by atoms with E-state index in [0.717, 1.165) is 18.1 Å². The third-order valence-electron chi connectivity index (χ3n) is 2.86. The Balaban J connectivity index is 1.96. The highest BCUT2D eigenvalue weighted by Crippen LogP contribution is 2.14. The average Bonchev–Trinajstić information content (AvgIpc) is 2.97. The van der Waals surface area contributed by atoms with Crippen LogP contribution in [0.2, 0.25) is 0 Å². The lowest BCUT2D eigenvalue weighted by molar-refractivity contribution is 0.536. The first-order chi connectivity index (χ1) is 9.06. The Morgan fingerprint density at radius 1 is 1.47 bits per heavy atom. The summed E-state index contributed by atoms with van der Waals surface area (Å²) in [4.78, 5) is 10.7. The van der Waals surface area contributed by atoms with Gasteiger partial charge in [-0.2, -0.15) is 4.98 Å². The number of hydrogen-bond acceptors (Lipinski definition) is 5. The molecule has 0 aliphatic carbocycles. The van der Waals surface area contributed by atoms with Gasteiger partial charge in [-0.15, -0.1) is 0 Å². The van der Waals surface area contributed by atoms with Gasteiger partial charge in [-0.05, 0) is 0 Å². The molecule has 0 aliphatic rings. The van der Waals surface area contributed by atoms with Crippen molar-refractivity contribution in [2.24, 2.45) is 7.05 Å². The molecule has 0 unspecified atom stereocenters. The summed E-state index contributed by atoms with van der Waals surface area (Å²) in [7, 11) is 3.92. The molecule has 0 atom stereocenters.